The Morgan fingerprint density at radius 1 is 1.33 bits per heavy atom. The van der Waals surface area contributed by atoms with Crippen LogP contribution in [0.5, 0.6) is 0 Å². The molecule has 2 heteroatoms. The molecule has 9 heavy (non-hydrogen) atoms. The van der Waals surface area contributed by atoms with E-state index in [1.54, 1.807) is 0 Å². The van der Waals surface area contributed by atoms with Gasteiger partial charge < -0.3 is 0 Å². The number of carbonyl (C=O) groups excluding carboxylic acids is 1. The van der Waals surface area contributed by atoms with E-state index in [0.29, 0.717) is 6.42 Å². The van der Waals surface area contributed by atoms with Gasteiger partial charge in [0, 0.05) is 12.8 Å². The Hall–Kier alpha value is -0.370. The molecule has 0 aromatic rings. The highest BCUT2D eigenvalue weighted by Crippen LogP contribution is 1.97. The van der Waals surface area contributed by atoms with Gasteiger partial charge in [-0.1, -0.05) is 13.3 Å². The van der Waals surface area contributed by atoms with Crippen molar-refractivity contribution in [3.05, 3.63) is 0 Å². The molecule has 0 aromatic heterocycles. The van der Waals surface area contributed by atoms with Gasteiger partial charge in [0.2, 0.25) is 0 Å². The summed E-state index contributed by atoms with van der Waals surface area (Å²) in [4.78, 5) is 10.6. The van der Waals surface area contributed by atoms with Gasteiger partial charge in [-0.3, -0.25) is 4.79 Å². The number of unbranched alkanes of at least 4 members (excludes halogenated alkanes) is 1. The van der Waals surface area contributed by atoms with E-state index >= 15 is 0 Å². The molecular formula is C7H13O2. The lowest BCUT2D eigenvalue weighted by Crippen LogP contribution is -1.98. The first kappa shape index (κ1) is 8.63. The fourth-order valence-electron chi connectivity index (χ4n) is 0.613. The summed E-state index contributed by atoms with van der Waals surface area (Å²) in [6.07, 6.45) is 2.78. The SMILES string of the molecule is CCCCC(=O)CC[O]. The van der Waals surface area contributed by atoms with Crippen molar-refractivity contribution in [3.63, 3.8) is 0 Å². The summed E-state index contributed by atoms with van der Waals surface area (Å²) in [5, 5.41) is 9.88. The van der Waals surface area contributed by atoms with Crippen LogP contribution in [0.3, 0.4) is 0 Å². The lowest BCUT2D eigenvalue weighted by atomic mass is 10.1. The molecule has 0 unspecified atom stereocenters. The second-order valence-corrected chi connectivity index (χ2v) is 2.10. The maximum atomic E-state index is 10.6. The van der Waals surface area contributed by atoms with Crippen LogP contribution in [0.4, 0.5) is 0 Å². The van der Waals surface area contributed by atoms with Gasteiger partial charge >= 0.3 is 0 Å². The second kappa shape index (κ2) is 5.76. The molecule has 0 aromatic carbocycles. The van der Waals surface area contributed by atoms with E-state index in [9.17, 15) is 9.90 Å². The molecule has 0 atom stereocenters. The molecule has 0 N–H and O–H groups in total. The quantitative estimate of drug-likeness (QED) is 0.555. The topological polar surface area (TPSA) is 37.0 Å². The maximum Gasteiger partial charge on any atom is 0.135 e. The lowest BCUT2D eigenvalue weighted by molar-refractivity contribution is -0.120. The summed E-state index contributed by atoms with van der Waals surface area (Å²) in [7, 11) is 0. The molecule has 2 nitrogen and oxygen atoms in total. The third kappa shape index (κ3) is 5.50. The number of carbonyl (C=O) groups is 1. The highest BCUT2D eigenvalue weighted by Gasteiger charge is 1.98. The van der Waals surface area contributed by atoms with Gasteiger partial charge in [-0.05, 0) is 6.42 Å². The molecule has 0 aliphatic rings. The standard InChI is InChI=1S/C7H13O2/c1-2-3-4-7(9)5-6-8/h2-6H2,1H3. The zero-order valence-corrected chi connectivity index (χ0v) is 5.85. The second-order valence-electron chi connectivity index (χ2n) is 2.10. The first-order chi connectivity index (χ1) is 4.31. The van der Waals surface area contributed by atoms with E-state index in [1.165, 1.54) is 0 Å². The zero-order valence-electron chi connectivity index (χ0n) is 5.85. The van der Waals surface area contributed by atoms with Crippen molar-refractivity contribution >= 4 is 5.78 Å². The van der Waals surface area contributed by atoms with Crippen molar-refractivity contribution in [2.75, 3.05) is 6.61 Å². The summed E-state index contributed by atoms with van der Waals surface area (Å²) < 4.78 is 0. The normalized spacial score (nSPS) is 9.56. The number of hydrogen-bond donors (Lipinski definition) is 0. The Morgan fingerprint density at radius 3 is 2.44 bits per heavy atom. The van der Waals surface area contributed by atoms with Gasteiger partial charge in [-0.25, -0.2) is 5.11 Å². The van der Waals surface area contributed by atoms with Crippen LogP contribution < -0.4 is 0 Å². The van der Waals surface area contributed by atoms with Crippen LogP contribution in [0, 0.1) is 0 Å². The Labute approximate surface area is 55.9 Å². The first-order valence-corrected chi connectivity index (χ1v) is 3.41. The highest BCUT2D eigenvalue weighted by atomic mass is 16.3. The van der Waals surface area contributed by atoms with E-state index in [0.717, 1.165) is 12.8 Å². The summed E-state index contributed by atoms with van der Waals surface area (Å²) in [5.41, 5.74) is 0. The number of rotatable bonds is 5. The van der Waals surface area contributed by atoms with Crippen molar-refractivity contribution in [2.45, 2.75) is 32.6 Å². The molecule has 1 radical (unpaired) electrons. The molecular weight excluding hydrogens is 116 g/mol. The molecule has 0 saturated heterocycles. The minimum absolute atomic E-state index is 0.117. The molecule has 0 heterocycles. The molecule has 0 spiro atoms. The molecule has 0 saturated carbocycles. The fraction of sp³-hybridized carbons (Fsp3) is 0.857. The lowest BCUT2D eigenvalue weighted by Gasteiger charge is -1.92. The summed E-state index contributed by atoms with van der Waals surface area (Å²) in [6, 6.07) is 0. The van der Waals surface area contributed by atoms with Crippen LogP contribution in [-0.2, 0) is 9.90 Å². The van der Waals surface area contributed by atoms with Gasteiger partial charge in [0.05, 0.1) is 6.61 Å². The van der Waals surface area contributed by atoms with Crippen LogP contribution in [0.2, 0.25) is 0 Å². The van der Waals surface area contributed by atoms with Gasteiger partial charge in [0.1, 0.15) is 5.78 Å². The van der Waals surface area contributed by atoms with Crippen molar-refractivity contribution in [1.29, 1.82) is 0 Å². The van der Waals surface area contributed by atoms with Crippen molar-refractivity contribution in [1.82, 2.24) is 0 Å². The Kier molecular flexibility index (Phi) is 5.52. The smallest absolute Gasteiger partial charge is 0.135 e. The van der Waals surface area contributed by atoms with Gasteiger partial charge in [0.25, 0.3) is 0 Å². The molecule has 0 aliphatic carbocycles. The number of Topliss-reactive ketones (excluding diaryl/α,β-unsaturated/α-hetero) is 1. The van der Waals surface area contributed by atoms with Crippen LogP contribution >= 0.6 is 0 Å². The maximum absolute atomic E-state index is 10.6. The highest BCUT2D eigenvalue weighted by molar-refractivity contribution is 5.78. The largest absolute Gasteiger partial charge is 0.300 e. The van der Waals surface area contributed by atoms with E-state index < -0.39 is 0 Å². The predicted molar refractivity (Wildman–Crippen MR) is 34.7 cm³/mol. The summed E-state index contributed by atoms with van der Waals surface area (Å²) >= 11 is 0. The monoisotopic (exact) mass is 129 g/mol. The average Bonchev–Trinajstić information content (AvgIpc) is 1.85. The molecule has 0 aliphatic heterocycles. The number of ketones is 1. The van der Waals surface area contributed by atoms with E-state index in [1.807, 2.05) is 6.92 Å². The van der Waals surface area contributed by atoms with Gasteiger partial charge in [-0.2, -0.15) is 0 Å². The summed E-state index contributed by atoms with van der Waals surface area (Å²) in [5.74, 6) is 0.117. The third-order valence-corrected chi connectivity index (χ3v) is 1.19. The Morgan fingerprint density at radius 2 is 2.00 bits per heavy atom. The van der Waals surface area contributed by atoms with Crippen molar-refractivity contribution < 1.29 is 9.90 Å². The van der Waals surface area contributed by atoms with Crippen molar-refractivity contribution in [2.24, 2.45) is 0 Å². The zero-order chi connectivity index (χ0) is 7.11. The van der Waals surface area contributed by atoms with E-state index in [4.69, 9.17) is 0 Å². The summed E-state index contributed by atoms with van der Waals surface area (Å²) in [6.45, 7) is 1.78. The van der Waals surface area contributed by atoms with Crippen LogP contribution in [0.15, 0.2) is 0 Å². The minimum atomic E-state index is -0.247. The van der Waals surface area contributed by atoms with Gasteiger partial charge in [-0.15, -0.1) is 0 Å². The predicted octanol–water partition coefficient (Wildman–Crippen LogP) is 1.57. The molecule has 0 rings (SSSR count). The van der Waals surface area contributed by atoms with Gasteiger partial charge in [0.15, 0.2) is 0 Å². The number of hydrogen-bond acceptors (Lipinski definition) is 1. The van der Waals surface area contributed by atoms with E-state index in [2.05, 4.69) is 0 Å². The molecule has 0 bridgehead atoms. The third-order valence-electron chi connectivity index (χ3n) is 1.19. The van der Waals surface area contributed by atoms with Crippen LogP contribution in [0.25, 0.3) is 0 Å². The van der Waals surface area contributed by atoms with Crippen LogP contribution in [-0.4, -0.2) is 12.4 Å². The first-order valence-electron chi connectivity index (χ1n) is 3.41. The van der Waals surface area contributed by atoms with E-state index in [-0.39, 0.29) is 18.8 Å². The minimum Gasteiger partial charge on any atom is -0.300 e. The molecule has 53 valence electrons. The Balaban J connectivity index is 3.06. The average molecular weight is 129 g/mol. The molecule has 0 fully saturated rings. The Bertz CT molecular complexity index is 79.0. The van der Waals surface area contributed by atoms with Crippen molar-refractivity contribution in [3.8, 4) is 0 Å². The molecule has 0 amide bonds. The fourth-order valence-corrected chi connectivity index (χ4v) is 0.613. The van der Waals surface area contributed by atoms with Crippen LogP contribution in [0.1, 0.15) is 32.6 Å².